The first-order chi connectivity index (χ1) is 9.28. The highest BCUT2D eigenvalue weighted by atomic mass is 16.3. The van der Waals surface area contributed by atoms with Gasteiger partial charge in [0.15, 0.2) is 0 Å². The number of benzene rings is 1. The molecule has 0 radical (unpaired) electrons. The fourth-order valence-corrected chi connectivity index (χ4v) is 2.64. The van der Waals surface area contributed by atoms with Gasteiger partial charge in [0.25, 0.3) is 0 Å². The van der Waals surface area contributed by atoms with Crippen molar-refractivity contribution in [3.8, 4) is 0 Å². The molecule has 1 aliphatic rings. The van der Waals surface area contributed by atoms with E-state index in [4.69, 9.17) is 5.73 Å². The topological polar surface area (TPSA) is 75.3 Å². The Labute approximate surface area is 112 Å². The van der Waals surface area contributed by atoms with Crippen LogP contribution in [-0.2, 0) is 0 Å². The third-order valence-corrected chi connectivity index (χ3v) is 3.81. The molecule has 0 aliphatic carbocycles. The zero-order chi connectivity index (χ0) is 13.2. The van der Waals surface area contributed by atoms with E-state index < -0.39 is 0 Å². The van der Waals surface area contributed by atoms with Crippen molar-refractivity contribution in [3.05, 3.63) is 24.5 Å². The summed E-state index contributed by atoms with van der Waals surface area (Å²) in [6.07, 6.45) is 3.61. The molecule has 0 amide bonds. The summed E-state index contributed by atoms with van der Waals surface area (Å²) in [6.45, 7) is 2.13. The maximum atomic E-state index is 9.20. The molecule has 1 saturated heterocycles. The minimum absolute atomic E-state index is 0.283. The normalized spacial score (nSPS) is 17.0. The van der Waals surface area contributed by atoms with Crippen LogP contribution < -0.4 is 10.6 Å². The van der Waals surface area contributed by atoms with Crippen molar-refractivity contribution in [2.45, 2.75) is 12.8 Å². The number of nitrogens with zero attached hydrogens (tertiary/aromatic N) is 3. The van der Waals surface area contributed by atoms with Crippen molar-refractivity contribution in [1.82, 2.24) is 9.97 Å². The minimum Gasteiger partial charge on any atom is -0.399 e. The molecule has 5 heteroatoms. The van der Waals surface area contributed by atoms with E-state index in [0.29, 0.717) is 5.92 Å². The van der Waals surface area contributed by atoms with Gasteiger partial charge in [0, 0.05) is 30.8 Å². The summed E-state index contributed by atoms with van der Waals surface area (Å²) >= 11 is 0. The third kappa shape index (κ3) is 2.33. The van der Waals surface area contributed by atoms with Crippen molar-refractivity contribution < 1.29 is 5.11 Å². The van der Waals surface area contributed by atoms with E-state index in [9.17, 15) is 5.11 Å². The quantitative estimate of drug-likeness (QED) is 0.797. The molecule has 1 aliphatic heterocycles. The number of rotatable bonds is 2. The number of aliphatic hydroxyl groups excluding tert-OH is 1. The minimum atomic E-state index is 0.283. The molecular formula is C14H18N4O. The average molecular weight is 258 g/mol. The molecule has 1 aromatic carbocycles. The number of anilines is 2. The van der Waals surface area contributed by atoms with Gasteiger partial charge in [-0.25, -0.2) is 9.97 Å². The fraction of sp³-hybridized carbons (Fsp3) is 0.429. The Kier molecular flexibility index (Phi) is 3.21. The summed E-state index contributed by atoms with van der Waals surface area (Å²) in [5, 5.41) is 10.2. The molecule has 2 heterocycles. The summed E-state index contributed by atoms with van der Waals surface area (Å²) in [4.78, 5) is 11.0. The first-order valence-electron chi connectivity index (χ1n) is 6.64. The highest BCUT2D eigenvalue weighted by Crippen LogP contribution is 2.28. The Morgan fingerprint density at radius 2 is 2.05 bits per heavy atom. The predicted octanol–water partition coefficient (Wildman–Crippen LogP) is 1.42. The first kappa shape index (κ1) is 12.2. The fourth-order valence-electron chi connectivity index (χ4n) is 2.64. The molecule has 0 atom stereocenters. The lowest BCUT2D eigenvalue weighted by molar-refractivity contribution is 0.203. The highest BCUT2D eigenvalue weighted by molar-refractivity contribution is 5.91. The summed E-state index contributed by atoms with van der Waals surface area (Å²) in [6, 6.07) is 5.72. The van der Waals surface area contributed by atoms with Crippen LogP contribution >= 0.6 is 0 Å². The molecule has 19 heavy (non-hydrogen) atoms. The number of hydrogen-bond acceptors (Lipinski definition) is 5. The lowest BCUT2D eigenvalue weighted by atomic mass is 9.98. The second kappa shape index (κ2) is 5.01. The van der Waals surface area contributed by atoms with Gasteiger partial charge < -0.3 is 15.7 Å². The molecular weight excluding hydrogens is 240 g/mol. The monoisotopic (exact) mass is 258 g/mol. The van der Waals surface area contributed by atoms with Gasteiger partial charge in [-0.3, -0.25) is 0 Å². The number of piperidine rings is 1. The Morgan fingerprint density at radius 3 is 2.79 bits per heavy atom. The molecule has 100 valence electrons. The molecule has 3 rings (SSSR count). The number of fused-ring (bicyclic) bond motifs is 1. The van der Waals surface area contributed by atoms with E-state index in [1.807, 2.05) is 18.2 Å². The van der Waals surface area contributed by atoms with Crippen LogP contribution in [0.5, 0.6) is 0 Å². The van der Waals surface area contributed by atoms with E-state index >= 15 is 0 Å². The summed E-state index contributed by atoms with van der Waals surface area (Å²) in [7, 11) is 0. The SMILES string of the molecule is Nc1ccc2ncnc(N3CCC(CO)CC3)c2c1. The van der Waals surface area contributed by atoms with Gasteiger partial charge >= 0.3 is 0 Å². The van der Waals surface area contributed by atoms with Gasteiger partial charge in [0.1, 0.15) is 12.1 Å². The smallest absolute Gasteiger partial charge is 0.139 e. The molecule has 0 spiro atoms. The lowest BCUT2D eigenvalue weighted by Crippen LogP contribution is -2.35. The van der Waals surface area contributed by atoms with Crippen LogP contribution in [-0.4, -0.2) is 34.8 Å². The van der Waals surface area contributed by atoms with Gasteiger partial charge in [-0.15, -0.1) is 0 Å². The number of hydrogen-bond donors (Lipinski definition) is 2. The van der Waals surface area contributed by atoms with Crippen LogP contribution in [0, 0.1) is 5.92 Å². The molecule has 3 N–H and O–H groups in total. The standard InChI is InChI=1S/C14H18N4O/c15-11-1-2-13-12(7-11)14(17-9-16-13)18-5-3-10(8-19)4-6-18/h1-2,7,9-10,19H,3-6,8,15H2. The van der Waals surface area contributed by atoms with E-state index in [-0.39, 0.29) is 6.61 Å². The van der Waals surface area contributed by atoms with E-state index in [0.717, 1.165) is 48.3 Å². The number of nitrogens with two attached hydrogens (primary N) is 1. The van der Waals surface area contributed by atoms with Gasteiger partial charge in [-0.2, -0.15) is 0 Å². The number of aliphatic hydroxyl groups is 1. The van der Waals surface area contributed by atoms with Crippen LogP contribution in [0.15, 0.2) is 24.5 Å². The lowest BCUT2D eigenvalue weighted by Gasteiger charge is -2.32. The van der Waals surface area contributed by atoms with E-state index in [2.05, 4.69) is 14.9 Å². The van der Waals surface area contributed by atoms with Crippen molar-refractivity contribution in [2.75, 3.05) is 30.3 Å². The van der Waals surface area contributed by atoms with Crippen LogP contribution in [0.25, 0.3) is 10.9 Å². The Balaban J connectivity index is 1.94. The molecule has 2 aromatic rings. The maximum Gasteiger partial charge on any atom is 0.139 e. The van der Waals surface area contributed by atoms with E-state index in [1.54, 1.807) is 6.33 Å². The van der Waals surface area contributed by atoms with Crippen molar-refractivity contribution in [3.63, 3.8) is 0 Å². The van der Waals surface area contributed by atoms with Gasteiger partial charge in [0.05, 0.1) is 5.52 Å². The summed E-state index contributed by atoms with van der Waals surface area (Å²) < 4.78 is 0. The van der Waals surface area contributed by atoms with Crippen molar-refractivity contribution >= 4 is 22.4 Å². The van der Waals surface area contributed by atoms with Crippen LogP contribution in [0.1, 0.15) is 12.8 Å². The van der Waals surface area contributed by atoms with Gasteiger partial charge in [-0.05, 0) is 37.0 Å². The second-order valence-corrected chi connectivity index (χ2v) is 5.09. The zero-order valence-corrected chi connectivity index (χ0v) is 10.8. The third-order valence-electron chi connectivity index (χ3n) is 3.81. The highest BCUT2D eigenvalue weighted by Gasteiger charge is 2.21. The average Bonchev–Trinajstić information content (AvgIpc) is 2.47. The second-order valence-electron chi connectivity index (χ2n) is 5.09. The molecule has 0 bridgehead atoms. The Hall–Kier alpha value is -1.88. The summed E-state index contributed by atoms with van der Waals surface area (Å²) in [5.74, 6) is 1.38. The first-order valence-corrected chi connectivity index (χ1v) is 6.64. The van der Waals surface area contributed by atoms with Crippen LogP contribution in [0.4, 0.5) is 11.5 Å². The molecule has 1 fully saturated rings. The van der Waals surface area contributed by atoms with Crippen LogP contribution in [0.2, 0.25) is 0 Å². The predicted molar refractivity (Wildman–Crippen MR) is 76.0 cm³/mol. The summed E-state index contributed by atoms with van der Waals surface area (Å²) in [5.41, 5.74) is 7.51. The van der Waals surface area contributed by atoms with E-state index in [1.165, 1.54) is 0 Å². The molecule has 0 saturated carbocycles. The molecule has 0 unspecified atom stereocenters. The maximum absolute atomic E-state index is 9.20. The Bertz CT molecular complexity index is 579. The zero-order valence-electron chi connectivity index (χ0n) is 10.8. The largest absolute Gasteiger partial charge is 0.399 e. The van der Waals surface area contributed by atoms with Gasteiger partial charge in [0.2, 0.25) is 0 Å². The molecule has 5 nitrogen and oxygen atoms in total. The van der Waals surface area contributed by atoms with Crippen molar-refractivity contribution in [1.29, 1.82) is 0 Å². The van der Waals surface area contributed by atoms with Crippen molar-refractivity contribution in [2.24, 2.45) is 5.92 Å². The molecule has 1 aromatic heterocycles. The van der Waals surface area contributed by atoms with Gasteiger partial charge in [-0.1, -0.05) is 0 Å². The number of nitrogen functional groups attached to an aromatic ring is 1. The number of aromatic nitrogens is 2. The van der Waals surface area contributed by atoms with Crippen LogP contribution in [0.3, 0.4) is 0 Å². The Morgan fingerprint density at radius 1 is 1.26 bits per heavy atom.